The normalized spacial score (nSPS) is 23.3. The van der Waals surface area contributed by atoms with Gasteiger partial charge in [-0.3, -0.25) is 4.79 Å². The minimum atomic E-state index is -0.708. The Kier molecular flexibility index (Phi) is 4.35. The lowest BCUT2D eigenvalue weighted by atomic mass is 10.0. The standard InChI is InChI=1S/C13H19NO2S2/c1-3-10-6-11(18-9(10)2)12(15)14-7-13(16)4-5-17-8-13/h6,16H,3-5,7-8H2,1-2H3,(H,14,15). The van der Waals surface area contributed by atoms with Crippen molar-refractivity contribution in [3.63, 3.8) is 0 Å². The van der Waals surface area contributed by atoms with E-state index in [1.165, 1.54) is 21.8 Å². The molecule has 18 heavy (non-hydrogen) atoms. The number of nitrogens with one attached hydrogen (secondary N) is 1. The van der Waals surface area contributed by atoms with E-state index in [0.717, 1.165) is 29.2 Å². The van der Waals surface area contributed by atoms with Gasteiger partial charge in [0.2, 0.25) is 0 Å². The van der Waals surface area contributed by atoms with Gasteiger partial charge in [0.15, 0.2) is 0 Å². The quantitative estimate of drug-likeness (QED) is 0.892. The van der Waals surface area contributed by atoms with Gasteiger partial charge in [0.25, 0.3) is 5.91 Å². The number of amides is 1. The Labute approximate surface area is 116 Å². The highest BCUT2D eigenvalue weighted by atomic mass is 32.2. The zero-order valence-corrected chi connectivity index (χ0v) is 12.4. The fraction of sp³-hybridized carbons (Fsp3) is 0.615. The van der Waals surface area contributed by atoms with Crippen molar-refractivity contribution >= 4 is 29.0 Å². The Hall–Kier alpha value is -0.520. The Morgan fingerprint density at radius 2 is 2.39 bits per heavy atom. The molecule has 2 rings (SSSR count). The predicted octanol–water partition coefficient (Wildman–Crippen LogP) is 2.22. The van der Waals surface area contributed by atoms with Crippen molar-refractivity contribution < 1.29 is 9.90 Å². The summed E-state index contributed by atoms with van der Waals surface area (Å²) in [6.45, 7) is 4.49. The van der Waals surface area contributed by atoms with Crippen LogP contribution in [0.2, 0.25) is 0 Å². The molecular weight excluding hydrogens is 266 g/mol. The Morgan fingerprint density at radius 1 is 1.61 bits per heavy atom. The molecule has 0 radical (unpaired) electrons. The second-order valence-corrected chi connectivity index (χ2v) is 7.12. The number of aryl methyl sites for hydroxylation is 2. The maximum absolute atomic E-state index is 12.0. The molecule has 1 unspecified atom stereocenters. The van der Waals surface area contributed by atoms with Gasteiger partial charge in [0, 0.05) is 17.2 Å². The number of carbonyl (C=O) groups excluding carboxylic acids is 1. The van der Waals surface area contributed by atoms with E-state index in [4.69, 9.17) is 0 Å². The molecule has 0 aromatic carbocycles. The first-order chi connectivity index (χ1) is 8.54. The van der Waals surface area contributed by atoms with Crippen molar-refractivity contribution in [3.8, 4) is 0 Å². The molecule has 1 saturated heterocycles. The molecule has 1 aliphatic rings. The van der Waals surface area contributed by atoms with Crippen LogP contribution in [0.5, 0.6) is 0 Å². The Morgan fingerprint density at radius 3 is 2.94 bits per heavy atom. The highest BCUT2D eigenvalue weighted by Crippen LogP contribution is 2.27. The molecule has 2 N–H and O–H groups in total. The summed E-state index contributed by atoms with van der Waals surface area (Å²) in [7, 11) is 0. The fourth-order valence-electron chi connectivity index (χ4n) is 2.05. The maximum atomic E-state index is 12.0. The van der Waals surface area contributed by atoms with E-state index in [0.29, 0.717) is 6.54 Å². The second kappa shape index (κ2) is 5.63. The summed E-state index contributed by atoms with van der Waals surface area (Å²) in [6.07, 6.45) is 1.72. The van der Waals surface area contributed by atoms with Crippen LogP contribution in [0.15, 0.2) is 6.07 Å². The molecule has 1 fully saturated rings. The third kappa shape index (κ3) is 3.08. The monoisotopic (exact) mass is 285 g/mol. The van der Waals surface area contributed by atoms with Crippen LogP contribution in [-0.2, 0) is 6.42 Å². The first-order valence-electron chi connectivity index (χ1n) is 6.22. The van der Waals surface area contributed by atoms with Crippen LogP contribution in [0, 0.1) is 6.92 Å². The van der Waals surface area contributed by atoms with Crippen LogP contribution in [0.25, 0.3) is 0 Å². The molecule has 0 spiro atoms. The van der Waals surface area contributed by atoms with Gasteiger partial charge in [0.1, 0.15) is 0 Å². The maximum Gasteiger partial charge on any atom is 0.261 e. The average Bonchev–Trinajstić information content (AvgIpc) is 2.93. The predicted molar refractivity (Wildman–Crippen MR) is 77.7 cm³/mol. The molecule has 1 aromatic heterocycles. The number of thiophene rings is 1. The van der Waals surface area contributed by atoms with E-state index in [1.54, 1.807) is 11.8 Å². The second-order valence-electron chi connectivity index (χ2n) is 4.76. The largest absolute Gasteiger partial charge is 0.387 e. The number of carbonyl (C=O) groups is 1. The third-order valence-electron chi connectivity index (χ3n) is 3.29. The number of hydrogen-bond donors (Lipinski definition) is 2. The lowest BCUT2D eigenvalue weighted by Gasteiger charge is -2.21. The van der Waals surface area contributed by atoms with Crippen molar-refractivity contribution in [3.05, 3.63) is 21.4 Å². The summed E-state index contributed by atoms with van der Waals surface area (Å²) in [5.74, 6) is 1.63. The van der Waals surface area contributed by atoms with Crippen LogP contribution >= 0.6 is 23.1 Å². The van der Waals surface area contributed by atoms with E-state index < -0.39 is 5.60 Å². The lowest BCUT2D eigenvalue weighted by Crippen LogP contribution is -2.42. The van der Waals surface area contributed by atoms with Crippen molar-refractivity contribution in [2.75, 3.05) is 18.1 Å². The van der Waals surface area contributed by atoms with Crippen LogP contribution < -0.4 is 5.32 Å². The molecular formula is C13H19NO2S2. The molecule has 1 amide bonds. The summed E-state index contributed by atoms with van der Waals surface area (Å²) in [4.78, 5) is 14.0. The van der Waals surface area contributed by atoms with Gasteiger partial charge in [0.05, 0.1) is 10.5 Å². The van der Waals surface area contributed by atoms with Crippen molar-refractivity contribution in [1.29, 1.82) is 0 Å². The van der Waals surface area contributed by atoms with Gasteiger partial charge in [-0.2, -0.15) is 11.8 Å². The van der Waals surface area contributed by atoms with E-state index in [1.807, 2.05) is 13.0 Å². The molecule has 100 valence electrons. The van der Waals surface area contributed by atoms with Gasteiger partial charge in [-0.25, -0.2) is 0 Å². The fourth-order valence-corrected chi connectivity index (χ4v) is 4.38. The highest BCUT2D eigenvalue weighted by molar-refractivity contribution is 7.99. The summed E-state index contributed by atoms with van der Waals surface area (Å²) in [6, 6.07) is 1.96. The van der Waals surface area contributed by atoms with E-state index >= 15 is 0 Å². The van der Waals surface area contributed by atoms with E-state index in [2.05, 4.69) is 12.2 Å². The lowest BCUT2D eigenvalue weighted by molar-refractivity contribution is 0.0614. The van der Waals surface area contributed by atoms with Crippen LogP contribution in [0.4, 0.5) is 0 Å². The van der Waals surface area contributed by atoms with Crippen LogP contribution in [0.1, 0.15) is 33.5 Å². The zero-order valence-electron chi connectivity index (χ0n) is 10.8. The van der Waals surface area contributed by atoms with Gasteiger partial charge < -0.3 is 10.4 Å². The molecule has 1 aromatic rings. The molecule has 1 aliphatic heterocycles. The molecule has 3 nitrogen and oxygen atoms in total. The molecule has 0 bridgehead atoms. The first kappa shape index (κ1) is 13.9. The van der Waals surface area contributed by atoms with Crippen molar-refractivity contribution in [2.45, 2.75) is 32.3 Å². The zero-order chi connectivity index (χ0) is 13.2. The van der Waals surface area contributed by atoms with Gasteiger partial charge in [-0.1, -0.05) is 6.92 Å². The number of rotatable bonds is 4. The van der Waals surface area contributed by atoms with Gasteiger partial charge in [-0.15, -0.1) is 11.3 Å². The molecule has 5 heteroatoms. The molecule has 1 atom stereocenters. The number of hydrogen-bond acceptors (Lipinski definition) is 4. The van der Waals surface area contributed by atoms with Crippen molar-refractivity contribution in [2.24, 2.45) is 0 Å². The summed E-state index contributed by atoms with van der Waals surface area (Å²) in [5, 5.41) is 13.0. The highest BCUT2D eigenvalue weighted by Gasteiger charge is 2.32. The first-order valence-corrected chi connectivity index (χ1v) is 8.19. The Balaban J connectivity index is 1.95. The third-order valence-corrected chi connectivity index (χ3v) is 5.61. The van der Waals surface area contributed by atoms with Gasteiger partial charge in [-0.05, 0) is 37.1 Å². The molecule has 2 heterocycles. The van der Waals surface area contributed by atoms with Crippen LogP contribution in [-0.4, -0.2) is 34.7 Å². The van der Waals surface area contributed by atoms with E-state index in [-0.39, 0.29) is 5.91 Å². The smallest absolute Gasteiger partial charge is 0.261 e. The summed E-state index contributed by atoms with van der Waals surface area (Å²) < 4.78 is 0. The van der Waals surface area contributed by atoms with Crippen molar-refractivity contribution in [1.82, 2.24) is 5.32 Å². The SMILES string of the molecule is CCc1cc(C(=O)NCC2(O)CCSC2)sc1C. The summed E-state index contributed by atoms with van der Waals surface area (Å²) >= 11 is 3.27. The number of aliphatic hydroxyl groups is 1. The topological polar surface area (TPSA) is 49.3 Å². The minimum absolute atomic E-state index is 0.0619. The van der Waals surface area contributed by atoms with Gasteiger partial charge >= 0.3 is 0 Å². The Bertz CT molecular complexity index is 436. The van der Waals surface area contributed by atoms with Crippen LogP contribution in [0.3, 0.4) is 0 Å². The molecule has 0 aliphatic carbocycles. The average molecular weight is 285 g/mol. The summed E-state index contributed by atoms with van der Waals surface area (Å²) in [5.41, 5.74) is 0.528. The number of thioether (sulfide) groups is 1. The van der Waals surface area contributed by atoms with E-state index in [9.17, 15) is 9.90 Å². The molecule has 0 saturated carbocycles. The minimum Gasteiger partial charge on any atom is -0.387 e.